The number of benzene rings is 1. The first-order valence-corrected chi connectivity index (χ1v) is 14.8. The lowest BCUT2D eigenvalue weighted by molar-refractivity contribution is -0.131. The summed E-state index contributed by atoms with van der Waals surface area (Å²) in [7, 11) is 0. The van der Waals surface area contributed by atoms with Crippen molar-refractivity contribution < 1.29 is 19.1 Å². The van der Waals surface area contributed by atoms with Gasteiger partial charge in [-0.2, -0.15) is 0 Å². The number of likely N-dealkylation sites (tertiary alicyclic amines) is 1. The summed E-state index contributed by atoms with van der Waals surface area (Å²) in [4.78, 5) is 49.2. The van der Waals surface area contributed by atoms with Crippen molar-refractivity contribution in [2.24, 2.45) is 5.92 Å². The number of Topliss-reactive ketones (excluding diaryl/α,β-unsaturated/α-hetero) is 1. The van der Waals surface area contributed by atoms with Gasteiger partial charge in [0.25, 0.3) is 5.91 Å². The van der Waals surface area contributed by atoms with Crippen molar-refractivity contribution in [3.63, 3.8) is 0 Å². The molecule has 2 N–H and O–H groups in total. The molecule has 216 valence electrons. The van der Waals surface area contributed by atoms with Gasteiger partial charge in [0.2, 0.25) is 5.91 Å². The number of aromatic nitrogens is 2. The average molecular weight is 550 g/mol. The highest BCUT2D eigenvalue weighted by Crippen LogP contribution is 2.29. The third-order valence-corrected chi connectivity index (χ3v) is 8.12. The maximum absolute atomic E-state index is 13.3. The highest BCUT2D eigenvalue weighted by Gasteiger charge is 2.30. The van der Waals surface area contributed by atoms with Crippen LogP contribution in [0, 0.1) is 5.92 Å². The highest BCUT2D eigenvalue weighted by atomic mass is 16.5. The third-order valence-electron chi connectivity index (χ3n) is 8.12. The molecule has 1 aliphatic heterocycles. The fourth-order valence-corrected chi connectivity index (χ4v) is 5.93. The molecule has 9 heteroatoms. The van der Waals surface area contributed by atoms with E-state index in [4.69, 9.17) is 4.74 Å². The van der Waals surface area contributed by atoms with Crippen molar-refractivity contribution in [3.8, 4) is 5.75 Å². The first kappa shape index (κ1) is 29.6. The van der Waals surface area contributed by atoms with Crippen molar-refractivity contribution >= 4 is 17.6 Å². The predicted octanol–water partition coefficient (Wildman–Crippen LogP) is 4.03. The lowest BCUT2D eigenvalue weighted by Gasteiger charge is -2.33. The molecule has 9 nitrogen and oxygen atoms in total. The Morgan fingerprint density at radius 3 is 2.70 bits per heavy atom. The number of piperidine rings is 1. The second-order valence-corrected chi connectivity index (χ2v) is 10.8. The van der Waals surface area contributed by atoms with Gasteiger partial charge in [0.15, 0.2) is 11.5 Å². The predicted molar refractivity (Wildman–Crippen MR) is 153 cm³/mol. The van der Waals surface area contributed by atoms with Gasteiger partial charge in [-0.3, -0.25) is 14.4 Å². The van der Waals surface area contributed by atoms with E-state index in [-0.39, 0.29) is 36.0 Å². The number of carbonyl (C=O) groups is 3. The van der Waals surface area contributed by atoms with Gasteiger partial charge in [0.1, 0.15) is 6.33 Å². The van der Waals surface area contributed by atoms with Crippen LogP contribution in [0.1, 0.15) is 92.7 Å². The van der Waals surface area contributed by atoms with Crippen LogP contribution in [0.3, 0.4) is 0 Å². The van der Waals surface area contributed by atoms with Gasteiger partial charge >= 0.3 is 0 Å². The summed E-state index contributed by atoms with van der Waals surface area (Å²) in [6, 6.07) is 7.27. The molecular weight excluding hydrogens is 506 g/mol. The van der Waals surface area contributed by atoms with E-state index < -0.39 is 6.04 Å². The molecule has 1 aromatic heterocycles. The lowest BCUT2D eigenvalue weighted by Crippen LogP contribution is -2.46. The molecule has 0 bridgehead atoms. The van der Waals surface area contributed by atoms with E-state index in [0.717, 1.165) is 56.3 Å². The number of ketones is 1. The molecular formula is C31H43N5O4. The second-order valence-electron chi connectivity index (χ2n) is 10.8. The molecule has 2 aromatic rings. The van der Waals surface area contributed by atoms with E-state index in [1.807, 2.05) is 43.0 Å². The van der Waals surface area contributed by atoms with Crippen molar-refractivity contribution in [1.29, 1.82) is 0 Å². The Morgan fingerprint density at radius 2 is 1.93 bits per heavy atom. The lowest BCUT2D eigenvalue weighted by atomic mass is 9.81. The summed E-state index contributed by atoms with van der Waals surface area (Å²) in [5.41, 5.74) is 2.35. The molecule has 2 amide bonds. The molecule has 0 spiro atoms. The number of hydrogen-bond donors (Lipinski definition) is 2. The second kappa shape index (κ2) is 14.9. The zero-order chi connectivity index (χ0) is 28.3. The monoisotopic (exact) mass is 549 g/mol. The number of nitrogens with one attached hydrogen (secondary N) is 2. The Morgan fingerprint density at radius 1 is 1.10 bits per heavy atom. The molecule has 2 atom stereocenters. The summed E-state index contributed by atoms with van der Waals surface area (Å²) in [5, 5.41) is 6.27. The smallest absolute Gasteiger partial charge is 0.251 e. The molecule has 4 rings (SSSR count). The van der Waals surface area contributed by atoms with Gasteiger partial charge < -0.3 is 20.3 Å². The van der Waals surface area contributed by atoms with Crippen LogP contribution in [0.4, 0.5) is 0 Å². The van der Waals surface area contributed by atoms with Crippen molar-refractivity contribution in [1.82, 2.24) is 25.5 Å². The molecule has 2 aliphatic rings. The Labute approximate surface area is 237 Å². The summed E-state index contributed by atoms with van der Waals surface area (Å²) in [5.74, 6) is 0.960. The van der Waals surface area contributed by atoms with Gasteiger partial charge in [-0.05, 0) is 56.2 Å². The highest BCUT2D eigenvalue weighted by molar-refractivity contribution is 5.98. The maximum Gasteiger partial charge on any atom is 0.251 e. The van der Waals surface area contributed by atoms with E-state index in [0.29, 0.717) is 37.4 Å². The Balaban J connectivity index is 1.34. The number of carbonyl (C=O) groups excluding carboxylic acids is 3. The summed E-state index contributed by atoms with van der Waals surface area (Å²) in [6.07, 6.45) is 10.8. The Kier molecular flexibility index (Phi) is 11.0. The summed E-state index contributed by atoms with van der Waals surface area (Å²) < 4.78 is 5.56. The van der Waals surface area contributed by atoms with Crippen LogP contribution in [0.2, 0.25) is 0 Å². The first-order valence-electron chi connectivity index (χ1n) is 14.8. The molecule has 0 radical (unpaired) electrons. The van der Waals surface area contributed by atoms with Crippen LogP contribution in [-0.2, 0) is 16.1 Å². The Bertz CT molecular complexity index is 1150. The van der Waals surface area contributed by atoms with Crippen LogP contribution >= 0.6 is 0 Å². The van der Waals surface area contributed by atoms with E-state index in [1.165, 1.54) is 12.7 Å². The van der Waals surface area contributed by atoms with Crippen LogP contribution in [0.5, 0.6) is 5.75 Å². The van der Waals surface area contributed by atoms with Gasteiger partial charge in [0, 0.05) is 37.5 Å². The third kappa shape index (κ3) is 7.87. The maximum atomic E-state index is 13.3. The normalized spacial score (nSPS) is 18.6. The minimum atomic E-state index is -0.413. The molecule has 1 aromatic carbocycles. The van der Waals surface area contributed by atoms with E-state index >= 15 is 0 Å². The van der Waals surface area contributed by atoms with E-state index in [1.54, 1.807) is 6.20 Å². The molecule has 2 heterocycles. The number of amides is 2. The minimum absolute atomic E-state index is 0.0408. The molecule has 1 saturated heterocycles. The van der Waals surface area contributed by atoms with Crippen LogP contribution in [0.25, 0.3) is 0 Å². The number of hydrogen-bond acceptors (Lipinski definition) is 7. The average Bonchev–Trinajstić information content (AvgIpc) is 3.01. The largest absolute Gasteiger partial charge is 0.490 e. The zero-order valence-corrected chi connectivity index (χ0v) is 23.9. The quantitative estimate of drug-likeness (QED) is 0.411. The topological polar surface area (TPSA) is 114 Å². The summed E-state index contributed by atoms with van der Waals surface area (Å²) >= 11 is 0. The van der Waals surface area contributed by atoms with Crippen molar-refractivity contribution in [3.05, 3.63) is 53.6 Å². The van der Waals surface area contributed by atoms with Crippen molar-refractivity contribution in [2.45, 2.75) is 83.7 Å². The van der Waals surface area contributed by atoms with E-state index in [9.17, 15) is 14.4 Å². The SMILES string of the molecule is CCOc1cncnc1CNCC(=O)N1CCCC(c2cccc(C(=O)NC(C(=O)CC)C3CCCCC3)c2)C1. The van der Waals surface area contributed by atoms with Gasteiger partial charge in [-0.15, -0.1) is 0 Å². The van der Waals surface area contributed by atoms with Gasteiger partial charge in [-0.25, -0.2) is 9.97 Å². The molecule has 2 unspecified atom stereocenters. The van der Waals surface area contributed by atoms with Crippen molar-refractivity contribution in [2.75, 3.05) is 26.2 Å². The van der Waals surface area contributed by atoms with Crippen LogP contribution in [0.15, 0.2) is 36.8 Å². The van der Waals surface area contributed by atoms with Crippen LogP contribution in [-0.4, -0.2) is 64.7 Å². The Hall–Kier alpha value is -3.33. The number of nitrogens with zero attached hydrogens (tertiary/aromatic N) is 3. The van der Waals surface area contributed by atoms with Gasteiger partial charge in [0.05, 0.1) is 31.1 Å². The zero-order valence-electron chi connectivity index (χ0n) is 23.9. The first-order chi connectivity index (χ1) is 19.5. The molecule has 40 heavy (non-hydrogen) atoms. The fourth-order valence-electron chi connectivity index (χ4n) is 5.93. The van der Waals surface area contributed by atoms with E-state index in [2.05, 4.69) is 20.6 Å². The fraction of sp³-hybridized carbons (Fsp3) is 0.581. The molecule has 2 fully saturated rings. The van der Waals surface area contributed by atoms with Crippen LogP contribution < -0.4 is 15.4 Å². The standard InChI is InChI=1S/C31H43N5O4/c1-3-27(37)30(22-10-6-5-7-11-22)35-31(39)24-13-8-12-23(16-24)25-14-9-15-36(20-25)29(38)19-32-17-26-28(40-4-2)18-33-21-34-26/h8,12-13,16,18,21-22,25,30,32H,3-7,9-11,14-15,17,19-20H2,1-2H3,(H,35,39). The number of ether oxygens (including phenoxy) is 1. The molecule has 1 aliphatic carbocycles. The minimum Gasteiger partial charge on any atom is -0.490 e. The molecule has 1 saturated carbocycles. The van der Waals surface area contributed by atoms with Gasteiger partial charge in [-0.1, -0.05) is 38.3 Å². The summed E-state index contributed by atoms with van der Waals surface area (Å²) in [6.45, 7) is 6.25. The number of rotatable bonds is 12.